The summed E-state index contributed by atoms with van der Waals surface area (Å²) < 4.78 is 22.5. The Morgan fingerprint density at radius 2 is 1.61 bits per heavy atom. The summed E-state index contributed by atoms with van der Waals surface area (Å²) in [6, 6.07) is 13.0. The van der Waals surface area contributed by atoms with Crippen LogP contribution >= 0.6 is 0 Å². The average molecular weight is 604 g/mol. The third-order valence-corrected chi connectivity index (χ3v) is 8.09. The van der Waals surface area contributed by atoms with E-state index < -0.39 is 12.1 Å². The fourth-order valence-corrected chi connectivity index (χ4v) is 5.65. The van der Waals surface area contributed by atoms with Crippen LogP contribution in [0.15, 0.2) is 53.3 Å². The lowest BCUT2D eigenvalue weighted by molar-refractivity contribution is -0.120. The molecule has 0 bridgehead atoms. The largest absolute Gasteiger partial charge is 0.495 e. The second-order valence-electron chi connectivity index (χ2n) is 10.8. The van der Waals surface area contributed by atoms with E-state index in [1.165, 1.54) is 13.0 Å². The van der Waals surface area contributed by atoms with Gasteiger partial charge in [-0.05, 0) is 65.8 Å². The molecule has 0 aromatic heterocycles. The number of nitrogens with one attached hydrogen (secondary N) is 3. The van der Waals surface area contributed by atoms with E-state index in [0.717, 1.165) is 11.1 Å². The quantitative estimate of drug-likeness (QED) is 0.269. The second-order valence-corrected chi connectivity index (χ2v) is 10.8. The van der Waals surface area contributed by atoms with Crippen molar-refractivity contribution in [1.29, 1.82) is 0 Å². The van der Waals surface area contributed by atoms with Crippen molar-refractivity contribution in [2.24, 2.45) is 5.92 Å². The summed E-state index contributed by atoms with van der Waals surface area (Å²) in [7, 11) is 6.20. The maximum absolute atomic E-state index is 13.8. The van der Waals surface area contributed by atoms with E-state index in [1.807, 2.05) is 38.1 Å². The number of methoxy groups -OCH3 is 4. The fourth-order valence-electron chi connectivity index (χ4n) is 5.65. The third-order valence-electron chi connectivity index (χ3n) is 8.09. The number of hydrogen-bond acceptors (Lipinski definition) is 8. The molecule has 10 heteroatoms. The number of benzene rings is 2. The molecule has 3 atom stereocenters. The van der Waals surface area contributed by atoms with Crippen LogP contribution in [0.4, 0.5) is 11.4 Å². The molecule has 0 fully saturated rings. The van der Waals surface area contributed by atoms with Gasteiger partial charge in [-0.25, -0.2) is 0 Å². The molecule has 2 amide bonds. The summed E-state index contributed by atoms with van der Waals surface area (Å²) in [6.07, 6.45) is 1.83. The first-order chi connectivity index (χ1) is 21.2. The Hall–Kier alpha value is -4.73. The predicted octanol–water partition coefficient (Wildman–Crippen LogP) is 5.34. The van der Waals surface area contributed by atoms with Crippen molar-refractivity contribution in [3.8, 4) is 34.1 Å². The zero-order valence-electron chi connectivity index (χ0n) is 26.3. The van der Waals surface area contributed by atoms with Gasteiger partial charge in [0.2, 0.25) is 23.0 Å². The maximum atomic E-state index is 13.8. The van der Waals surface area contributed by atoms with Crippen LogP contribution in [0, 0.1) is 5.92 Å². The highest BCUT2D eigenvalue weighted by Gasteiger charge is 2.30. The van der Waals surface area contributed by atoms with E-state index in [2.05, 4.69) is 16.0 Å². The number of aryl methyl sites for hydroxylation is 1. The van der Waals surface area contributed by atoms with Crippen molar-refractivity contribution in [2.45, 2.75) is 52.1 Å². The highest BCUT2D eigenvalue weighted by Crippen LogP contribution is 2.50. The predicted molar refractivity (Wildman–Crippen MR) is 171 cm³/mol. The number of carbonyl (C=O) groups excluding carboxylic acids is 2. The molecule has 0 saturated heterocycles. The van der Waals surface area contributed by atoms with Crippen molar-refractivity contribution in [3.05, 3.63) is 69.9 Å². The van der Waals surface area contributed by atoms with Gasteiger partial charge in [-0.2, -0.15) is 0 Å². The van der Waals surface area contributed by atoms with Gasteiger partial charge < -0.3 is 34.9 Å². The summed E-state index contributed by atoms with van der Waals surface area (Å²) in [6.45, 7) is 5.40. The molecular weight excluding hydrogens is 562 g/mol. The van der Waals surface area contributed by atoms with Crippen molar-refractivity contribution in [1.82, 2.24) is 5.32 Å². The third kappa shape index (κ3) is 6.59. The lowest BCUT2D eigenvalue weighted by atomic mass is 9.95. The lowest BCUT2D eigenvalue weighted by Gasteiger charge is -2.24. The van der Waals surface area contributed by atoms with Gasteiger partial charge in [0.1, 0.15) is 11.8 Å². The van der Waals surface area contributed by atoms with Gasteiger partial charge in [0.05, 0.1) is 45.9 Å². The Morgan fingerprint density at radius 3 is 2.25 bits per heavy atom. The molecule has 3 N–H and O–H groups in total. The average Bonchev–Trinajstić information content (AvgIpc) is 3.26. The lowest BCUT2D eigenvalue weighted by Crippen LogP contribution is -2.40. The normalized spacial score (nSPS) is 14.9. The summed E-state index contributed by atoms with van der Waals surface area (Å²) in [4.78, 5) is 39.7. The molecule has 44 heavy (non-hydrogen) atoms. The number of anilines is 2. The number of amides is 2. The highest BCUT2D eigenvalue weighted by atomic mass is 16.5. The number of para-hydroxylation sites is 2. The van der Waals surface area contributed by atoms with Gasteiger partial charge in [0.15, 0.2) is 11.5 Å². The van der Waals surface area contributed by atoms with Crippen LogP contribution in [0.3, 0.4) is 0 Å². The van der Waals surface area contributed by atoms with Crippen LogP contribution in [-0.4, -0.2) is 46.3 Å². The minimum absolute atomic E-state index is 0.114. The van der Waals surface area contributed by atoms with Gasteiger partial charge in [-0.15, -0.1) is 0 Å². The summed E-state index contributed by atoms with van der Waals surface area (Å²) in [5.41, 5.74) is 3.49. The van der Waals surface area contributed by atoms with E-state index in [-0.39, 0.29) is 28.8 Å². The molecule has 0 saturated carbocycles. The van der Waals surface area contributed by atoms with E-state index in [4.69, 9.17) is 18.9 Å². The Labute approximate surface area is 258 Å². The molecule has 0 unspecified atom stereocenters. The molecule has 10 nitrogen and oxygen atoms in total. The molecule has 1 aliphatic carbocycles. The molecule has 234 valence electrons. The molecule has 0 spiro atoms. The number of fused-ring (bicyclic) bond motifs is 3. The Balaban J connectivity index is 1.86. The van der Waals surface area contributed by atoms with Crippen LogP contribution < -0.4 is 40.3 Å². The van der Waals surface area contributed by atoms with Gasteiger partial charge in [0, 0.05) is 12.5 Å². The highest BCUT2D eigenvalue weighted by molar-refractivity contribution is 5.98. The number of rotatable bonds is 11. The Morgan fingerprint density at radius 1 is 0.909 bits per heavy atom. The van der Waals surface area contributed by atoms with E-state index >= 15 is 0 Å². The molecule has 1 aliphatic rings. The minimum Gasteiger partial charge on any atom is -0.495 e. The van der Waals surface area contributed by atoms with E-state index in [1.54, 1.807) is 46.6 Å². The minimum atomic E-state index is -0.725. The van der Waals surface area contributed by atoms with Gasteiger partial charge in [0.25, 0.3) is 0 Å². The van der Waals surface area contributed by atoms with Crippen LogP contribution in [0.2, 0.25) is 0 Å². The van der Waals surface area contributed by atoms with Crippen molar-refractivity contribution in [2.75, 3.05) is 39.1 Å². The number of hydrogen-bond donors (Lipinski definition) is 3. The monoisotopic (exact) mass is 603 g/mol. The van der Waals surface area contributed by atoms with Crippen LogP contribution in [-0.2, 0) is 16.0 Å². The molecule has 4 rings (SSSR count). The summed E-state index contributed by atoms with van der Waals surface area (Å²) >= 11 is 0. The molecule has 0 aliphatic heterocycles. The topological polar surface area (TPSA) is 124 Å². The van der Waals surface area contributed by atoms with Crippen LogP contribution in [0.25, 0.3) is 11.1 Å². The fraction of sp³-hybridized carbons (Fsp3) is 0.382. The number of ether oxygens (including phenoxy) is 4. The standard InChI is InChI=1S/C34H41N3O7/c1-8-19(2)31(34(40)37-26-11-9-10-12-28(26)41-4)36-25-16-14-22-23(18-27(25)39)24(35-20(3)38)15-13-21-17-29(42-5)32(43-6)33(44-7)30(21)22/h9-12,14,16-19,24,31H,8,13,15H2,1-7H3,(H,35,38)(H,36,39)(H,37,40)/t19-,24+,31+/m0/s1. The first-order valence-corrected chi connectivity index (χ1v) is 14.6. The molecule has 0 radical (unpaired) electrons. The summed E-state index contributed by atoms with van der Waals surface area (Å²) in [5.74, 6) is 1.33. The summed E-state index contributed by atoms with van der Waals surface area (Å²) in [5, 5.41) is 9.20. The van der Waals surface area contributed by atoms with Gasteiger partial charge in [-0.1, -0.05) is 38.5 Å². The number of carbonyl (C=O) groups is 2. The Bertz CT molecular complexity index is 1590. The van der Waals surface area contributed by atoms with E-state index in [0.29, 0.717) is 59.1 Å². The van der Waals surface area contributed by atoms with Gasteiger partial charge in [-0.3, -0.25) is 14.4 Å². The zero-order chi connectivity index (χ0) is 32.0. The van der Waals surface area contributed by atoms with Crippen LogP contribution in [0.5, 0.6) is 23.0 Å². The molecular formula is C34H41N3O7. The van der Waals surface area contributed by atoms with E-state index in [9.17, 15) is 14.4 Å². The van der Waals surface area contributed by atoms with Crippen molar-refractivity contribution < 1.29 is 28.5 Å². The molecule has 3 aromatic rings. The molecule has 3 aromatic carbocycles. The molecule has 0 heterocycles. The van der Waals surface area contributed by atoms with Gasteiger partial charge >= 0.3 is 0 Å². The first kappa shape index (κ1) is 32.2. The second kappa shape index (κ2) is 14.2. The first-order valence-electron chi connectivity index (χ1n) is 14.6. The van der Waals surface area contributed by atoms with Crippen LogP contribution in [0.1, 0.15) is 50.8 Å². The zero-order valence-corrected chi connectivity index (χ0v) is 26.3. The van der Waals surface area contributed by atoms with Crippen molar-refractivity contribution >= 4 is 23.2 Å². The Kier molecular flexibility index (Phi) is 10.4. The smallest absolute Gasteiger partial charge is 0.247 e. The SMILES string of the molecule is CC[C@H](C)[C@@H](Nc1ccc2c(cc1=O)[C@H](NC(C)=O)CCc1cc(OC)c(OC)c(OC)c1-2)C(=O)Nc1ccccc1OC. The van der Waals surface area contributed by atoms with Crippen molar-refractivity contribution in [3.63, 3.8) is 0 Å². The maximum Gasteiger partial charge on any atom is 0.247 e.